The molecular weight excluding hydrogens is 282 g/mol. The van der Waals surface area contributed by atoms with Crippen molar-refractivity contribution in [1.29, 1.82) is 0 Å². The summed E-state index contributed by atoms with van der Waals surface area (Å²) in [6.45, 7) is 2.33. The molecule has 1 heterocycles. The van der Waals surface area contributed by atoms with E-state index >= 15 is 0 Å². The average molecular weight is 296 g/mol. The van der Waals surface area contributed by atoms with Crippen LogP contribution in [0.25, 0.3) is 0 Å². The van der Waals surface area contributed by atoms with E-state index in [0.29, 0.717) is 12.1 Å². The van der Waals surface area contributed by atoms with Gasteiger partial charge in [-0.1, -0.05) is 11.6 Å². The third-order valence-electron chi connectivity index (χ3n) is 2.81. The Labute approximate surface area is 121 Å². The van der Waals surface area contributed by atoms with Gasteiger partial charge in [0.2, 0.25) is 0 Å². The zero-order chi connectivity index (χ0) is 14.0. The van der Waals surface area contributed by atoms with Crippen molar-refractivity contribution in [1.82, 2.24) is 4.90 Å². The van der Waals surface area contributed by atoms with Gasteiger partial charge < -0.3 is 10.0 Å². The Bertz CT molecular complexity index is 609. The van der Waals surface area contributed by atoms with Gasteiger partial charge in [0.1, 0.15) is 5.75 Å². The first-order valence-corrected chi connectivity index (χ1v) is 6.96. The van der Waals surface area contributed by atoms with Gasteiger partial charge in [0, 0.05) is 17.5 Å². The van der Waals surface area contributed by atoms with Crippen molar-refractivity contribution in [3.63, 3.8) is 0 Å². The van der Waals surface area contributed by atoms with Gasteiger partial charge in [0.25, 0.3) is 5.91 Å². The molecule has 0 unspecified atom stereocenters. The van der Waals surface area contributed by atoms with Crippen LogP contribution in [0.3, 0.4) is 0 Å². The largest absolute Gasteiger partial charge is 0.508 e. The fraction of sp³-hybridized carbons (Fsp3) is 0.214. The SMILES string of the molecule is Cc1cc(O)ccc1C(=O)N(C)Cc1ccc(Cl)s1. The van der Waals surface area contributed by atoms with Crippen molar-refractivity contribution < 1.29 is 9.90 Å². The van der Waals surface area contributed by atoms with Crippen molar-refractivity contribution in [3.8, 4) is 5.75 Å². The number of thiophene rings is 1. The van der Waals surface area contributed by atoms with E-state index in [-0.39, 0.29) is 11.7 Å². The number of amides is 1. The van der Waals surface area contributed by atoms with E-state index in [0.717, 1.165) is 14.8 Å². The Kier molecular flexibility index (Phi) is 4.12. The summed E-state index contributed by atoms with van der Waals surface area (Å²) in [5.74, 6) is 0.101. The monoisotopic (exact) mass is 295 g/mol. The van der Waals surface area contributed by atoms with E-state index in [1.807, 2.05) is 19.1 Å². The zero-order valence-electron chi connectivity index (χ0n) is 10.7. The van der Waals surface area contributed by atoms with Crippen LogP contribution < -0.4 is 0 Å². The van der Waals surface area contributed by atoms with Crippen LogP contribution in [0.1, 0.15) is 20.8 Å². The second-order valence-corrected chi connectivity index (χ2v) is 6.17. The van der Waals surface area contributed by atoms with Crippen LogP contribution in [0.2, 0.25) is 4.34 Å². The molecule has 0 radical (unpaired) electrons. The number of aryl methyl sites for hydroxylation is 1. The molecule has 0 atom stereocenters. The highest BCUT2D eigenvalue weighted by Crippen LogP contribution is 2.23. The first-order chi connectivity index (χ1) is 8.97. The molecule has 0 bridgehead atoms. The van der Waals surface area contributed by atoms with Crippen LogP contribution >= 0.6 is 22.9 Å². The number of carbonyl (C=O) groups is 1. The van der Waals surface area contributed by atoms with Crippen LogP contribution in [-0.4, -0.2) is 23.0 Å². The number of phenols is 1. The molecule has 1 amide bonds. The number of benzene rings is 1. The Morgan fingerprint density at radius 2 is 2.11 bits per heavy atom. The van der Waals surface area contributed by atoms with Gasteiger partial charge in [-0.2, -0.15) is 0 Å². The molecule has 0 saturated heterocycles. The number of halogens is 1. The van der Waals surface area contributed by atoms with Crippen LogP contribution in [0.5, 0.6) is 5.75 Å². The number of rotatable bonds is 3. The highest BCUT2D eigenvalue weighted by molar-refractivity contribution is 7.16. The quantitative estimate of drug-likeness (QED) is 0.938. The minimum atomic E-state index is -0.0676. The topological polar surface area (TPSA) is 40.5 Å². The number of hydrogen-bond donors (Lipinski definition) is 1. The van der Waals surface area contributed by atoms with Gasteiger partial charge in [-0.15, -0.1) is 11.3 Å². The number of nitrogens with zero attached hydrogens (tertiary/aromatic N) is 1. The summed E-state index contributed by atoms with van der Waals surface area (Å²) in [7, 11) is 1.75. The molecule has 0 fully saturated rings. The zero-order valence-corrected chi connectivity index (χ0v) is 12.3. The van der Waals surface area contributed by atoms with Gasteiger partial charge in [-0.25, -0.2) is 0 Å². The second kappa shape index (κ2) is 5.63. The maximum atomic E-state index is 12.3. The van der Waals surface area contributed by atoms with Gasteiger partial charge in [-0.05, 0) is 42.8 Å². The van der Waals surface area contributed by atoms with E-state index in [1.165, 1.54) is 17.4 Å². The molecule has 1 N–H and O–H groups in total. The highest BCUT2D eigenvalue weighted by atomic mass is 35.5. The summed E-state index contributed by atoms with van der Waals surface area (Å²) < 4.78 is 0.719. The van der Waals surface area contributed by atoms with E-state index in [1.54, 1.807) is 24.1 Å². The van der Waals surface area contributed by atoms with Crippen LogP contribution in [0, 0.1) is 6.92 Å². The van der Waals surface area contributed by atoms with Gasteiger partial charge >= 0.3 is 0 Å². The Hall–Kier alpha value is -1.52. The first-order valence-electron chi connectivity index (χ1n) is 5.76. The first kappa shape index (κ1) is 13.9. The maximum Gasteiger partial charge on any atom is 0.254 e. The third-order valence-corrected chi connectivity index (χ3v) is 4.02. The lowest BCUT2D eigenvalue weighted by molar-refractivity contribution is 0.0785. The smallest absolute Gasteiger partial charge is 0.254 e. The molecule has 2 aromatic rings. The molecule has 19 heavy (non-hydrogen) atoms. The van der Waals surface area contributed by atoms with Crippen molar-refractivity contribution >= 4 is 28.8 Å². The molecule has 3 nitrogen and oxygen atoms in total. The van der Waals surface area contributed by atoms with Crippen molar-refractivity contribution in [2.45, 2.75) is 13.5 Å². The number of hydrogen-bond acceptors (Lipinski definition) is 3. The molecule has 0 saturated carbocycles. The molecule has 0 spiro atoms. The standard InChI is InChI=1S/C14H14ClNO2S/c1-9-7-10(17)3-5-12(9)14(18)16(2)8-11-4-6-13(15)19-11/h3-7,17H,8H2,1-2H3. The lowest BCUT2D eigenvalue weighted by atomic mass is 10.1. The molecule has 0 aliphatic rings. The van der Waals surface area contributed by atoms with E-state index in [2.05, 4.69) is 0 Å². The van der Waals surface area contributed by atoms with Crippen molar-refractivity contribution in [3.05, 3.63) is 50.7 Å². The lowest BCUT2D eigenvalue weighted by Gasteiger charge is -2.17. The van der Waals surface area contributed by atoms with E-state index in [9.17, 15) is 9.90 Å². The van der Waals surface area contributed by atoms with Gasteiger partial charge in [0.15, 0.2) is 0 Å². The Balaban J connectivity index is 2.14. The van der Waals surface area contributed by atoms with E-state index < -0.39 is 0 Å². The third kappa shape index (κ3) is 3.28. The maximum absolute atomic E-state index is 12.3. The highest BCUT2D eigenvalue weighted by Gasteiger charge is 2.15. The summed E-state index contributed by atoms with van der Waals surface area (Å²) in [4.78, 5) is 15.0. The Morgan fingerprint density at radius 3 is 2.68 bits per heavy atom. The number of phenolic OH excluding ortho intramolecular Hbond substituents is 1. The number of aromatic hydroxyl groups is 1. The van der Waals surface area contributed by atoms with Crippen LogP contribution in [0.4, 0.5) is 0 Å². The molecule has 1 aromatic carbocycles. The molecule has 0 aliphatic heterocycles. The van der Waals surface area contributed by atoms with Crippen LogP contribution in [0.15, 0.2) is 30.3 Å². The fourth-order valence-corrected chi connectivity index (χ4v) is 2.98. The summed E-state index contributed by atoms with van der Waals surface area (Å²) in [6.07, 6.45) is 0. The van der Waals surface area contributed by atoms with Gasteiger partial charge in [-0.3, -0.25) is 4.79 Å². The molecular formula is C14H14ClNO2S. The minimum absolute atomic E-state index is 0.0676. The lowest BCUT2D eigenvalue weighted by Crippen LogP contribution is -2.26. The number of carbonyl (C=O) groups excluding carboxylic acids is 1. The molecule has 0 aliphatic carbocycles. The molecule has 5 heteroatoms. The van der Waals surface area contributed by atoms with Crippen LogP contribution in [-0.2, 0) is 6.54 Å². The summed E-state index contributed by atoms with van der Waals surface area (Å²) in [5.41, 5.74) is 1.36. The summed E-state index contributed by atoms with van der Waals surface area (Å²) in [6, 6.07) is 8.50. The molecule has 1 aromatic heterocycles. The average Bonchev–Trinajstić information content (AvgIpc) is 2.74. The second-order valence-electron chi connectivity index (χ2n) is 4.37. The molecule has 2 rings (SSSR count). The predicted molar refractivity (Wildman–Crippen MR) is 78.0 cm³/mol. The normalized spacial score (nSPS) is 10.5. The molecule has 100 valence electrons. The van der Waals surface area contributed by atoms with Gasteiger partial charge in [0.05, 0.1) is 10.9 Å². The summed E-state index contributed by atoms with van der Waals surface area (Å²) >= 11 is 7.34. The summed E-state index contributed by atoms with van der Waals surface area (Å²) in [5, 5.41) is 9.36. The van der Waals surface area contributed by atoms with Crippen molar-refractivity contribution in [2.75, 3.05) is 7.05 Å². The fourth-order valence-electron chi connectivity index (χ4n) is 1.84. The van der Waals surface area contributed by atoms with E-state index in [4.69, 9.17) is 11.6 Å². The predicted octanol–water partition coefficient (Wildman–Crippen LogP) is 3.69. The minimum Gasteiger partial charge on any atom is -0.508 e. The Morgan fingerprint density at radius 1 is 1.37 bits per heavy atom. The van der Waals surface area contributed by atoms with Crippen molar-refractivity contribution in [2.24, 2.45) is 0 Å².